The fourth-order valence-electron chi connectivity index (χ4n) is 2.11. The van der Waals surface area contributed by atoms with Gasteiger partial charge in [-0.3, -0.25) is 4.79 Å². The molecule has 1 amide bonds. The molecule has 0 atom stereocenters. The highest BCUT2D eigenvalue weighted by molar-refractivity contribution is 5.92. The molecular formula is C12H17N3O. The van der Waals surface area contributed by atoms with Gasteiger partial charge in [0.1, 0.15) is 0 Å². The minimum Gasteiger partial charge on any atom is -0.348 e. The van der Waals surface area contributed by atoms with Crippen molar-refractivity contribution in [1.29, 1.82) is 0 Å². The van der Waals surface area contributed by atoms with Crippen molar-refractivity contribution < 1.29 is 4.79 Å². The Kier molecular flexibility index (Phi) is 3.86. The van der Waals surface area contributed by atoms with Gasteiger partial charge < -0.3 is 5.32 Å². The molecule has 4 nitrogen and oxygen atoms in total. The molecule has 1 aromatic rings. The minimum atomic E-state index is -0.0972. The maximum Gasteiger partial charge on any atom is 0.272 e. The molecule has 0 unspecified atom stereocenters. The molecule has 1 N–H and O–H groups in total. The van der Waals surface area contributed by atoms with Gasteiger partial charge in [0, 0.05) is 12.2 Å². The van der Waals surface area contributed by atoms with E-state index in [-0.39, 0.29) is 5.91 Å². The molecule has 0 aliphatic heterocycles. The molecule has 0 saturated heterocycles. The van der Waals surface area contributed by atoms with E-state index in [9.17, 15) is 4.79 Å². The van der Waals surface area contributed by atoms with Crippen LogP contribution in [0.15, 0.2) is 18.3 Å². The molecule has 0 radical (unpaired) electrons. The van der Waals surface area contributed by atoms with Crippen LogP contribution in [0, 0.1) is 0 Å². The van der Waals surface area contributed by atoms with Crippen molar-refractivity contribution in [1.82, 2.24) is 15.5 Å². The molecule has 16 heavy (non-hydrogen) atoms. The lowest BCUT2D eigenvalue weighted by Crippen LogP contribution is -2.34. The summed E-state index contributed by atoms with van der Waals surface area (Å²) in [6, 6.07) is 3.74. The van der Waals surface area contributed by atoms with E-state index in [2.05, 4.69) is 15.5 Å². The topological polar surface area (TPSA) is 54.9 Å². The van der Waals surface area contributed by atoms with Crippen LogP contribution < -0.4 is 5.32 Å². The van der Waals surface area contributed by atoms with Gasteiger partial charge in [-0.2, -0.15) is 5.10 Å². The van der Waals surface area contributed by atoms with Gasteiger partial charge in [0.05, 0.1) is 0 Å². The summed E-state index contributed by atoms with van der Waals surface area (Å²) in [5, 5.41) is 10.5. The van der Waals surface area contributed by atoms with Crippen LogP contribution in [0.25, 0.3) is 0 Å². The summed E-state index contributed by atoms with van der Waals surface area (Å²) >= 11 is 0. The number of carbonyl (C=O) groups is 1. The summed E-state index contributed by atoms with van der Waals surface area (Å²) in [6.45, 7) is 0. The highest BCUT2D eigenvalue weighted by Crippen LogP contribution is 2.17. The quantitative estimate of drug-likeness (QED) is 0.773. The van der Waals surface area contributed by atoms with E-state index in [1.807, 2.05) is 0 Å². The van der Waals surface area contributed by atoms with Crippen molar-refractivity contribution in [3.63, 3.8) is 0 Å². The van der Waals surface area contributed by atoms with E-state index in [0.29, 0.717) is 11.7 Å². The van der Waals surface area contributed by atoms with Gasteiger partial charge in [-0.15, -0.1) is 5.10 Å². The summed E-state index contributed by atoms with van der Waals surface area (Å²) in [5.41, 5.74) is 0.409. The van der Waals surface area contributed by atoms with Gasteiger partial charge in [0.25, 0.3) is 5.91 Å². The zero-order valence-corrected chi connectivity index (χ0v) is 9.35. The molecule has 4 heteroatoms. The second kappa shape index (κ2) is 5.58. The van der Waals surface area contributed by atoms with E-state index in [4.69, 9.17) is 0 Å². The van der Waals surface area contributed by atoms with Crippen LogP contribution in [0.4, 0.5) is 0 Å². The summed E-state index contributed by atoms with van der Waals surface area (Å²) in [5.74, 6) is -0.0972. The zero-order chi connectivity index (χ0) is 11.2. The van der Waals surface area contributed by atoms with E-state index in [0.717, 1.165) is 12.8 Å². The lowest BCUT2D eigenvalue weighted by molar-refractivity contribution is 0.0927. The van der Waals surface area contributed by atoms with Gasteiger partial charge in [-0.05, 0) is 25.0 Å². The Hall–Kier alpha value is -1.45. The highest BCUT2D eigenvalue weighted by atomic mass is 16.2. The summed E-state index contributed by atoms with van der Waals surface area (Å²) in [6.07, 6.45) is 8.76. The third kappa shape index (κ3) is 3.02. The second-order valence-corrected chi connectivity index (χ2v) is 4.27. The Balaban J connectivity index is 1.91. The number of hydrogen-bond donors (Lipinski definition) is 1. The molecule has 1 heterocycles. The van der Waals surface area contributed by atoms with Gasteiger partial charge in [0.15, 0.2) is 5.69 Å². The predicted octanol–water partition coefficient (Wildman–Crippen LogP) is 1.93. The van der Waals surface area contributed by atoms with Gasteiger partial charge in [-0.25, -0.2) is 0 Å². The third-order valence-electron chi connectivity index (χ3n) is 3.00. The normalized spacial score (nSPS) is 17.8. The van der Waals surface area contributed by atoms with Crippen LogP contribution >= 0.6 is 0 Å². The van der Waals surface area contributed by atoms with Crippen LogP contribution in [0.2, 0.25) is 0 Å². The number of hydrogen-bond acceptors (Lipinski definition) is 3. The van der Waals surface area contributed by atoms with Crippen LogP contribution in [-0.2, 0) is 0 Å². The number of amides is 1. The molecule has 86 valence electrons. The Morgan fingerprint density at radius 2 is 2.00 bits per heavy atom. The Morgan fingerprint density at radius 3 is 2.62 bits per heavy atom. The van der Waals surface area contributed by atoms with Crippen LogP contribution in [0.3, 0.4) is 0 Å². The smallest absolute Gasteiger partial charge is 0.272 e. The molecule has 1 fully saturated rings. The first kappa shape index (κ1) is 11.0. The van der Waals surface area contributed by atoms with Crippen molar-refractivity contribution in [2.45, 2.75) is 44.6 Å². The molecule has 0 aromatic carbocycles. The van der Waals surface area contributed by atoms with Gasteiger partial charge in [-0.1, -0.05) is 25.7 Å². The molecule has 0 spiro atoms. The summed E-state index contributed by atoms with van der Waals surface area (Å²) in [7, 11) is 0. The summed E-state index contributed by atoms with van der Waals surface area (Å²) < 4.78 is 0. The lowest BCUT2D eigenvalue weighted by atomic mass is 10.1. The highest BCUT2D eigenvalue weighted by Gasteiger charge is 2.16. The van der Waals surface area contributed by atoms with Crippen molar-refractivity contribution >= 4 is 5.91 Å². The van der Waals surface area contributed by atoms with Crippen molar-refractivity contribution in [2.24, 2.45) is 0 Å². The number of nitrogens with one attached hydrogen (secondary N) is 1. The van der Waals surface area contributed by atoms with Gasteiger partial charge >= 0.3 is 0 Å². The number of aromatic nitrogens is 2. The van der Waals surface area contributed by atoms with Crippen molar-refractivity contribution in [2.75, 3.05) is 0 Å². The van der Waals surface area contributed by atoms with Crippen LogP contribution in [0.5, 0.6) is 0 Å². The van der Waals surface area contributed by atoms with Crippen molar-refractivity contribution in [3.8, 4) is 0 Å². The average Bonchev–Trinajstić information content (AvgIpc) is 2.59. The Bertz CT molecular complexity index is 331. The third-order valence-corrected chi connectivity index (χ3v) is 3.00. The molecule has 2 rings (SSSR count). The molecule has 0 bridgehead atoms. The van der Waals surface area contributed by atoms with Crippen LogP contribution in [-0.4, -0.2) is 22.1 Å². The number of nitrogens with zero attached hydrogens (tertiary/aromatic N) is 2. The largest absolute Gasteiger partial charge is 0.348 e. The van der Waals surface area contributed by atoms with E-state index < -0.39 is 0 Å². The standard InChI is InChI=1S/C12H17N3O/c16-12(11-8-5-9-13-15-11)14-10-6-3-1-2-4-7-10/h5,8-10H,1-4,6-7H2,(H,14,16). The monoisotopic (exact) mass is 219 g/mol. The first-order valence-electron chi connectivity index (χ1n) is 5.95. The molecule has 1 aliphatic carbocycles. The Labute approximate surface area is 95.5 Å². The van der Waals surface area contributed by atoms with E-state index in [1.165, 1.54) is 25.7 Å². The van der Waals surface area contributed by atoms with E-state index >= 15 is 0 Å². The van der Waals surface area contributed by atoms with Crippen LogP contribution in [0.1, 0.15) is 49.0 Å². The fourth-order valence-corrected chi connectivity index (χ4v) is 2.11. The molecule has 1 saturated carbocycles. The number of carbonyl (C=O) groups excluding carboxylic acids is 1. The maximum atomic E-state index is 11.8. The SMILES string of the molecule is O=C(NC1CCCCCC1)c1cccnn1. The average molecular weight is 219 g/mol. The Morgan fingerprint density at radius 1 is 1.25 bits per heavy atom. The summed E-state index contributed by atoms with van der Waals surface area (Å²) in [4.78, 5) is 11.8. The van der Waals surface area contributed by atoms with E-state index in [1.54, 1.807) is 18.3 Å². The maximum absolute atomic E-state index is 11.8. The fraction of sp³-hybridized carbons (Fsp3) is 0.583. The lowest BCUT2D eigenvalue weighted by Gasteiger charge is -2.15. The minimum absolute atomic E-state index is 0.0972. The predicted molar refractivity (Wildman–Crippen MR) is 61.0 cm³/mol. The number of rotatable bonds is 2. The van der Waals surface area contributed by atoms with Gasteiger partial charge in [0.2, 0.25) is 0 Å². The first-order valence-corrected chi connectivity index (χ1v) is 5.95. The first-order chi connectivity index (χ1) is 7.86. The van der Waals surface area contributed by atoms with Crippen molar-refractivity contribution in [3.05, 3.63) is 24.0 Å². The second-order valence-electron chi connectivity index (χ2n) is 4.27. The molecule has 1 aromatic heterocycles. The molecule has 1 aliphatic rings. The molecular weight excluding hydrogens is 202 g/mol. The zero-order valence-electron chi connectivity index (χ0n) is 9.35.